The number of hydrogen-bond donors (Lipinski definition) is 1. The Bertz CT molecular complexity index is 405. The smallest absolute Gasteiger partial charge is 0.129 e. The minimum absolute atomic E-state index is 0.000337. The second-order valence-corrected chi connectivity index (χ2v) is 4.51. The number of nitrogens with one attached hydrogen (secondary N) is 1. The van der Waals surface area contributed by atoms with E-state index in [4.69, 9.17) is 5.26 Å². The highest BCUT2D eigenvalue weighted by molar-refractivity contribution is 5.32. The van der Waals surface area contributed by atoms with Gasteiger partial charge < -0.3 is 5.32 Å². The van der Waals surface area contributed by atoms with Crippen LogP contribution >= 0.6 is 0 Å². The molecule has 0 radical (unpaired) electrons. The van der Waals surface area contributed by atoms with Gasteiger partial charge in [0, 0.05) is 17.6 Å². The lowest BCUT2D eigenvalue weighted by molar-refractivity contribution is 0.371. The van der Waals surface area contributed by atoms with Crippen molar-refractivity contribution in [2.75, 3.05) is 0 Å². The van der Waals surface area contributed by atoms with E-state index in [1.54, 1.807) is 12.1 Å². The topological polar surface area (TPSA) is 35.8 Å². The normalized spacial score (nSPS) is 11.2. The monoisotopic (exact) mass is 220 g/mol. The summed E-state index contributed by atoms with van der Waals surface area (Å²) in [6.45, 7) is 6.73. The molecule has 0 aliphatic rings. The molecule has 0 bridgehead atoms. The SMILES string of the molecule is CCC(C)(C)NCc1ccc(C#N)cc1F. The Morgan fingerprint density at radius 1 is 1.44 bits per heavy atom. The lowest BCUT2D eigenvalue weighted by Crippen LogP contribution is -2.38. The molecule has 16 heavy (non-hydrogen) atoms. The highest BCUT2D eigenvalue weighted by Gasteiger charge is 2.14. The standard InChI is InChI=1S/C13H17FN2/c1-4-13(2,3)16-9-11-6-5-10(8-15)7-12(11)14/h5-7,16H,4,9H2,1-3H3. The average molecular weight is 220 g/mol. The predicted octanol–water partition coefficient (Wildman–Crippen LogP) is 2.98. The summed E-state index contributed by atoms with van der Waals surface area (Å²) in [5.74, 6) is -0.321. The van der Waals surface area contributed by atoms with E-state index >= 15 is 0 Å². The third-order valence-corrected chi connectivity index (χ3v) is 2.82. The van der Waals surface area contributed by atoms with Gasteiger partial charge in [-0.15, -0.1) is 0 Å². The maximum Gasteiger partial charge on any atom is 0.129 e. The quantitative estimate of drug-likeness (QED) is 0.846. The van der Waals surface area contributed by atoms with Crippen molar-refractivity contribution in [3.8, 4) is 6.07 Å². The number of hydrogen-bond acceptors (Lipinski definition) is 2. The summed E-state index contributed by atoms with van der Waals surface area (Å²) in [5.41, 5.74) is 0.955. The van der Waals surface area contributed by atoms with E-state index in [0.717, 1.165) is 6.42 Å². The van der Waals surface area contributed by atoms with Crippen LogP contribution in [0.3, 0.4) is 0 Å². The molecule has 0 saturated heterocycles. The molecule has 0 spiro atoms. The zero-order valence-corrected chi connectivity index (χ0v) is 9.97. The number of halogens is 1. The number of nitriles is 1. The summed E-state index contributed by atoms with van der Waals surface area (Å²) in [6, 6.07) is 6.49. The van der Waals surface area contributed by atoms with Crippen molar-refractivity contribution in [3.05, 3.63) is 35.1 Å². The molecule has 0 unspecified atom stereocenters. The molecule has 3 heteroatoms. The second-order valence-electron chi connectivity index (χ2n) is 4.51. The van der Waals surface area contributed by atoms with Gasteiger partial charge in [-0.3, -0.25) is 0 Å². The largest absolute Gasteiger partial charge is 0.308 e. The minimum Gasteiger partial charge on any atom is -0.308 e. The van der Waals surface area contributed by atoms with Crippen molar-refractivity contribution in [1.82, 2.24) is 5.32 Å². The third kappa shape index (κ3) is 3.32. The first-order valence-corrected chi connectivity index (χ1v) is 5.42. The summed E-state index contributed by atoms with van der Waals surface area (Å²) >= 11 is 0. The molecular formula is C13H17FN2. The zero-order valence-electron chi connectivity index (χ0n) is 9.97. The van der Waals surface area contributed by atoms with Gasteiger partial charge in [-0.1, -0.05) is 13.0 Å². The van der Waals surface area contributed by atoms with Gasteiger partial charge in [0.25, 0.3) is 0 Å². The Labute approximate surface area is 96.1 Å². The molecule has 86 valence electrons. The summed E-state index contributed by atoms with van der Waals surface area (Å²) in [4.78, 5) is 0. The fourth-order valence-corrected chi connectivity index (χ4v) is 1.22. The average Bonchev–Trinajstić information content (AvgIpc) is 2.27. The van der Waals surface area contributed by atoms with E-state index in [1.165, 1.54) is 6.07 Å². The first kappa shape index (κ1) is 12.7. The summed E-state index contributed by atoms with van der Waals surface area (Å²) in [5, 5.41) is 11.9. The van der Waals surface area contributed by atoms with E-state index in [9.17, 15) is 4.39 Å². The van der Waals surface area contributed by atoms with Crippen molar-refractivity contribution >= 4 is 0 Å². The van der Waals surface area contributed by atoms with Gasteiger partial charge in [-0.2, -0.15) is 5.26 Å². The molecule has 1 aromatic rings. The van der Waals surface area contributed by atoms with Crippen LogP contribution < -0.4 is 5.32 Å². The van der Waals surface area contributed by atoms with Crippen LogP contribution in [-0.4, -0.2) is 5.54 Å². The minimum atomic E-state index is -0.321. The van der Waals surface area contributed by atoms with Gasteiger partial charge >= 0.3 is 0 Å². The van der Waals surface area contributed by atoms with Crippen LogP contribution in [0.2, 0.25) is 0 Å². The van der Waals surface area contributed by atoms with E-state index in [1.807, 2.05) is 6.07 Å². The highest BCUT2D eigenvalue weighted by atomic mass is 19.1. The van der Waals surface area contributed by atoms with Gasteiger partial charge in [0.15, 0.2) is 0 Å². The predicted molar refractivity (Wildman–Crippen MR) is 62.3 cm³/mol. The molecule has 1 N–H and O–H groups in total. The van der Waals surface area contributed by atoms with E-state index in [-0.39, 0.29) is 11.4 Å². The summed E-state index contributed by atoms with van der Waals surface area (Å²) < 4.78 is 13.5. The van der Waals surface area contributed by atoms with Crippen molar-refractivity contribution in [2.24, 2.45) is 0 Å². The molecule has 0 amide bonds. The Kier molecular flexibility index (Phi) is 4.03. The van der Waals surface area contributed by atoms with Gasteiger partial charge in [0.2, 0.25) is 0 Å². The maximum atomic E-state index is 13.5. The van der Waals surface area contributed by atoms with Gasteiger partial charge in [0.05, 0.1) is 11.6 Å². The lowest BCUT2D eigenvalue weighted by atomic mass is 10.0. The molecule has 0 saturated carbocycles. The van der Waals surface area contributed by atoms with E-state index in [2.05, 4.69) is 26.1 Å². The molecule has 2 nitrogen and oxygen atoms in total. The maximum absolute atomic E-state index is 13.5. The van der Waals surface area contributed by atoms with Crippen molar-refractivity contribution in [1.29, 1.82) is 5.26 Å². The van der Waals surface area contributed by atoms with Crippen LogP contribution in [-0.2, 0) is 6.54 Å². The molecular weight excluding hydrogens is 203 g/mol. The molecule has 0 fully saturated rings. The molecule has 0 aliphatic carbocycles. The lowest BCUT2D eigenvalue weighted by Gasteiger charge is -2.24. The molecule has 0 heterocycles. The van der Waals surface area contributed by atoms with Crippen LogP contribution in [0.25, 0.3) is 0 Å². The van der Waals surface area contributed by atoms with E-state index in [0.29, 0.717) is 17.7 Å². The van der Waals surface area contributed by atoms with Crippen LogP contribution in [0, 0.1) is 17.1 Å². The Balaban J connectivity index is 2.73. The van der Waals surface area contributed by atoms with E-state index < -0.39 is 0 Å². The molecule has 0 atom stereocenters. The fraction of sp³-hybridized carbons (Fsp3) is 0.462. The number of benzene rings is 1. The van der Waals surface area contributed by atoms with Gasteiger partial charge in [-0.05, 0) is 32.4 Å². The first-order chi connectivity index (χ1) is 7.48. The summed E-state index contributed by atoms with van der Waals surface area (Å²) in [7, 11) is 0. The van der Waals surface area contributed by atoms with Crippen molar-refractivity contribution < 1.29 is 4.39 Å². The van der Waals surface area contributed by atoms with Crippen LogP contribution in [0.15, 0.2) is 18.2 Å². The molecule has 1 rings (SSSR count). The molecule has 1 aromatic carbocycles. The van der Waals surface area contributed by atoms with Crippen LogP contribution in [0.1, 0.15) is 38.3 Å². The Hall–Kier alpha value is -1.40. The number of nitrogens with zero attached hydrogens (tertiary/aromatic N) is 1. The van der Waals surface area contributed by atoms with Crippen molar-refractivity contribution in [2.45, 2.75) is 39.3 Å². The fourth-order valence-electron chi connectivity index (χ4n) is 1.22. The Morgan fingerprint density at radius 3 is 2.62 bits per heavy atom. The van der Waals surface area contributed by atoms with Crippen LogP contribution in [0.5, 0.6) is 0 Å². The highest BCUT2D eigenvalue weighted by Crippen LogP contribution is 2.13. The zero-order chi connectivity index (χ0) is 12.2. The number of rotatable bonds is 4. The summed E-state index contributed by atoms with van der Waals surface area (Å²) in [6.07, 6.45) is 0.977. The molecule has 0 aliphatic heterocycles. The van der Waals surface area contributed by atoms with Crippen LogP contribution in [0.4, 0.5) is 4.39 Å². The third-order valence-electron chi connectivity index (χ3n) is 2.82. The first-order valence-electron chi connectivity index (χ1n) is 5.42. The van der Waals surface area contributed by atoms with Gasteiger partial charge in [-0.25, -0.2) is 4.39 Å². The van der Waals surface area contributed by atoms with Crippen molar-refractivity contribution in [3.63, 3.8) is 0 Å². The second kappa shape index (κ2) is 5.09. The Morgan fingerprint density at radius 2 is 2.12 bits per heavy atom. The van der Waals surface area contributed by atoms with Gasteiger partial charge in [0.1, 0.15) is 5.82 Å². The molecule has 0 aromatic heterocycles.